The molecule has 6 N–H and O–H groups in total. The molecule has 128 valence electrons. The summed E-state index contributed by atoms with van der Waals surface area (Å²) >= 11 is 0. The molecule has 0 fully saturated rings. The highest BCUT2D eigenvalue weighted by molar-refractivity contribution is 7.90. The van der Waals surface area contributed by atoms with Crippen molar-refractivity contribution < 1.29 is 38.9 Å². The molecule has 10 nitrogen and oxygen atoms in total. The highest BCUT2D eigenvalue weighted by Crippen LogP contribution is 2.35. The van der Waals surface area contributed by atoms with Crippen molar-refractivity contribution in [2.45, 2.75) is 14.7 Å². The lowest BCUT2D eigenvalue weighted by molar-refractivity contribution is 0.457. The minimum absolute atomic E-state index is 0. The van der Waals surface area contributed by atoms with Gasteiger partial charge in [0, 0.05) is 5.39 Å². The van der Waals surface area contributed by atoms with E-state index in [0.717, 1.165) is 6.07 Å². The molecule has 2 aromatic carbocycles. The monoisotopic (exact) mass is 385 g/mol. The van der Waals surface area contributed by atoms with Gasteiger partial charge in [-0.2, -0.15) is 25.3 Å². The van der Waals surface area contributed by atoms with Gasteiger partial charge in [-0.05, 0) is 11.5 Å². The van der Waals surface area contributed by atoms with Crippen molar-refractivity contribution in [1.29, 1.82) is 0 Å². The van der Waals surface area contributed by atoms with E-state index in [-0.39, 0.29) is 16.9 Å². The second-order valence-corrected chi connectivity index (χ2v) is 8.29. The van der Waals surface area contributed by atoms with Gasteiger partial charge in [-0.25, -0.2) is 0 Å². The SMILES string of the molecule is N.O=S(=O)(O)c1cc2ccccc2c(S(=O)(=O)O)c1S(=O)(=O)O. The van der Waals surface area contributed by atoms with E-state index in [9.17, 15) is 29.8 Å². The van der Waals surface area contributed by atoms with Crippen molar-refractivity contribution in [3.8, 4) is 0 Å². The largest absolute Gasteiger partial charge is 0.344 e. The first-order chi connectivity index (χ1) is 9.83. The molecular weight excluding hydrogens is 374 g/mol. The summed E-state index contributed by atoms with van der Waals surface area (Å²) in [6.07, 6.45) is 0. The number of fused-ring (bicyclic) bond motifs is 1. The maximum atomic E-state index is 11.5. The first-order valence-electron chi connectivity index (χ1n) is 5.31. The molecule has 0 saturated heterocycles. The molecule has 0 saturated carbocycles. The third kappa shape index (κ3) is 3.66. The first kappa shape index (κ1) is 19.4. The lowest BCUT2D eigenvalue weighted by Gasteiger charge is -2.12. The Hall–Kier alpha value is -1.61. The predicted molar refractivity (Wildman–Crippen MR) is 78.4 cm³/mol. The zero-order valence-electron chi connectivity index (χ0n) is 11.1. The summed E-state index contributed by atoms with van der Waals surface area (Å²) in [5.41, 5.74) is 0. The van der Waals surface area contributed by atoms with Crippen molar-refractivity contribution in [1.82, 2.24) is 6.15 Å². The van der Waals surface area contributed by atoms with Crippen LogP contribution in [-0.2, 0) is 30.4 Å². The van der Waals surface area contributed by atoms with E-state index in [1.807, 2.05) is 0 Å². The Morgan fingerprint density at radius 2 is 1.17 bits per heavy atom. The van der Waals surface area contributed by atoms with Crippen molar-refractivity contribution in [2.24, 2.45) is 0 Å². The van der Waals surface area contributed by atoms with Gasteiger partial charge in [0.05, 0.1) is 0 Å². The average molecular weight is 385 g/mol. The number of hydrogen-bond acceptors (Lipinski definition) is 7. The van der Waals surface area contributed by atoms with Crippen LogP contribution < -0.4 is 6.15 Å². The zero-order chi connectivity index (χ0) is 16.9. The Morgan fingerprint density at radius 3 is 1.61 bits per heavy atom. The maximum absolute atomic E-state index is 11.5. The van der Waals surface area contributed by atoms with Crippen LogP contribution in [0.3, 0.4) is 0 Å². The van der Waals surface area contributed by atoms with E-state index in [0.29, 0.717) is 6.07 Å². The normalized spacial score (nSPS) is 12.8. The van der Waals surface area contributed by atoms with Crippen molar-refractivity contribution in [2.75, 3.05) is 0 Å². The van der Waals surface area contributed by atoms with Gasteiger partial charge in [-0.3, -0.25) is 13.7 Å². The number of benzene rings is 2. The predicted octanol–water partition coefficient (Wildman–Crippen LogP) is 0.742. The van der Waals surface area contributed by atoms with Crippen LogP contribution in [0.25, 0.3) is 10.8 Å². The van der Waals surface area contributed by atoms with Crippen LogP contribution in [0.15, 0.2) is 45.0 Å². The smallest absolute Gasteiger partial charge is 0.297 e. The van der Waals surface area contributed by atoms with Crippen LogP contribution in [0, 0.1) is 0 Å². The molecule has 0 amide bonds. The standard InChI is InChI=1S/C10H8O9S3.H3N/c11-20(12,13)8-5-6-3-1-2-4-7(6)9(21(14,15)16)10(8)22(17,18)19;/h1-5H,(H,11,12,13)(H,14,15,16)(H,17,18,19);1H3. The van der Waals surface area contributed by atoms with E-state index < -0.39 is 45.0 Å². The fourth-order valence-corrected chi connectivity index (χ4v) is 5.37. The summed E-state index contributed by atoms with van der Waals surface area (Å²) in [4.78, 5) is -4.31. The van der Waals surface area contributed by atoms with Gasteiger partial charge in [0.1, 0.15) is 14.7 Å². The molecule has 13 heteroatoms. The average Bonchev–Trinajstić information content (AvgIpc) is 2.33. The molecule has 0 aliphatic rings. The number of rotatable bonds is 3. The molecule has 0 atom stereocenters. The molecule has 0 radical (unpaired) electrons. The van der Waals surface area contributed by atoms with E-state index >= 15 is 0 Å². The summed E-state index contributed by atoms with van der Waals surface area (Å²) in [5, 5.41) is -0.430. The lowest BCUT2D eigenvalue weighted by atomic mass is 10.1. The van der Waals surface area contributed by atoms with E-state index in [4.69, 9.17) is 9.11 Å². The lowest BCUT2D eigenvalue weighted by Crippen LogP contribution is -2.15. The van der Waals surface area contributed by atoms with Crippen LogP contribution in [0.5, 0.6) is 0 Å². The van der Waals surface area contributed by atoms with E-state index in [1.54, 1.807) is 0 Å². The highest BCUT2D eigenvalue weighted by atomic mass is 32.2. The topological polar surface area (TPSA) is 198 Å². The molecular formula is C10H11NO9S3. The minimum atomic E-state index is -5.40. The van der Waals surface area contributed by atoms with Gasteiger partial charge in [0.15, 0.2) is 0 Å². The van der Waals surface area contributed by atoms with Crippen LogP contribution in [-0.4, -0.2) is 38.9 Å². The third-order valence-electron chi connectivity index (χ3n) is 2.72. The maximum Gasteiger partial charge on any atom is 0.297 e. The fourth-order valence-electron chi connectivity index (χ4n) is 1.96. The molecule has 2 aromatic rings. The Labute approximate surface area is 131 Å². The van der Waals surface area contributed by atoms with Gasteiger partial charge in [-0.15, -0.1) is 0 Å². The summed E-state index contributed by atoms with van der Waals surface area (Å²) in [6, 6.07) is 5.69. The van der Waals surface area contributed by atoms with E-state index in [2.05, 4.69) is 0 Å². The Balaban J connectivity index is 0.00000264. The van der Waals surface area contributed by atoms with Gasteiger partial charge in [-0.1, -0.05) is 24.3 Å². The Kier molecular flexibility index (Phi) is 4.89. The summed E-state index contributed by atoms with van der Waals surface area (Å²) < 4.78 is 96.0. The number of hydrogen-bond donors (Lipinski definition) is 4. The van der Waals surface area contributed by atoms with Gasteiger partial charge < -0.3 is 6.15 Å². The molecule has 2 rings (SSSR count). The molecule has 0 aliphatic carbocycles. The minimum Gasteiger partial charge on any atom is -0.344 e. The summed E-state index contributed by atoms with van der Waals surface area (Å²) in [6.45, 7) is 0. The van der Waals surface area contributed by atoms with Crippen LogP contribution >= 0.6 is 0 Å². The zero-order valence-corrected chi connectivity index (χ0v) is 13.6. The molecule has 0 bridgehead atoms. The summed E-state index contributed by atoms with van der Waals surface area (Å²) in [7, 11) is -15.8. The first-order valence-corrected chi connectivity index (χ1v) is 9.63. The molecule has 0 aliphatic heterocycles. The van der Waals surface area contributed by atoms with Crippen LogP contribution in [0.4, 0.5) is 0 Å². The Morgan fingerprint density at radius 1 is 0.696 bits per heavy atom. The second-order valence-electron chi connectivity index (χ2n) is 4.18. The highest BCUT2D eigenvalue weighted by Gasteiger charge is 2.34. The van der Waals surface area contributed by atoms with Crippen molar-refractivity contribution in [3.05, 3.63) is 30.3 Å². The van der Waals surface area contributed by atoms with Gasteiger partial charge in [0.2, 0.25) is 0 Å². The molecule has 0 spiro atoms. The quantitative estimate of drug-likeness (QED) is 0.546. The molecule has 23 heavy (non-hydrogen) atoms. The molecule has 0 unspecified atom stereocenters. The van der Waals surface area contributed by atoms with Crippen molar-refractivity contribution >= 4 is 41.1 Å². The third-order valence-corrected chi connectivity index (χ3v) is 5.73. The van der Waals surface area contributed by atoms with Gasteiger partial charge >= 0.3 is 0 Å². The van der Waals surface area contributed by atoms with Crippen LogP contribution in [0.1, 0.15) is 0 Å². The van der Waals surface area contributed by atoms with Gasteiger partial charge in [0.25, 0.3) is 30.4 Å². The molecule has 0 heterocycles. The summed E-state index contributed by atoms with van der Waals surface area (Å²) in [5.74, 6) is 0. The van der Waals surface area contributed by atoms with Crippen LogP contribution in [0.2, 0.25) is 0 Å². The molecule has 0 aromatic heterocycles. The van der Waals surface area contributed by atoms with E-state index in [1.165, 1.54) is 18.2 Å². The second kappa shape index (κ2) is 5.79. The Bertz CT molecular complexity index is 1090. The fraction of sp³-hybridized carbons (Fsp3) is 0. The van der Waals surface area contributed by atoms with Crippen molar-refractivity contribution in [3.63, 3.8) is 0 Å².